The molecule has 0 amide bonds. The lowest BCUT2D eigenvalue weighted by Gasteiger charge is -2.11. The van der Waals surface area contributed by atoms with Crippen molar-refractivity contribution in [2.24, 2.45) is 0 Å². The molecule has 0 saturated carbocycles. The minimum absolute atomic E-state index is 0.342. The molecule has 0 atom stereocenters. The molecule has 1 aromatic carbocycles. The van der Waals surface area contributed by atoms with Crippen molar-refractivity contribution in [3.8, 4) is 11.4 Å². The third-order valence-corrected chi connectivity index (χ3v) is 3.17. The van der Waals surface area contributed by atoms with Gasteiger partial charge in [-0.2, -0.15) is 18.4 Å². The van der Waals surface area contributed by atoms with E-state index in [1.165, 1.54) is 12.1 Å². The maximum Gasteiger partial charge on any atom is 0.416 e. The van der Waals surface area contributed by atoms with Crippen molar-refractivity contribution < 1.29 is 13.2 Å². The Labute approximate surface area is 128 Å². The van der Waals surface area contributed by atoms with Crippen molar-refractivity contribution in [1.29, 1.82) is 0 Å². The number of pyridine rings is 1. The number of nitrogens with one attached hydrogen (secondary N) is 2. The number of hydrogen-bond acceptors (Lipinski definition) is 5. The van der Waals surface area contributed by atoms with E-state index in [9.17, 15) is 13.2 Å². The topological polar surface area (TPSA) is 79.4 Å². The van der Waals surface area contributed by atoms with Gasteiger partial charge in [0.1, 0.15) is 0 Å². The second-order valence-corrected chi connectivity index (χ2v) is 4.70. The van der Waals surface area contributed by atoms with Crippen LogP contribution in [0, 0.1) is 0 Å². The van der Waals surface area contributed by atoms with Gasteiger partial charge < -0.3 is 5.32 Å². The molecule has 23 heavy (non-hydrogen) atoms. The molecule has 3 rings (SSSR count). The number of nitrogens with zero attached hydrogens (tertiary/aromatic N) is 4. The molecule has 0 bridgehead atoms. The first kappa shape index (κ1) is 14.9. The Morgan fingerprint density at radius 2 is 1.87 bits per heavy atom. The van der Waals surface area contributed by atoms with Gasteiger partial charge in [0.05, 0.1) is 17.4 Å². The average Bonchev–Trinajstić information content (AvgIpc) is 3.07. The normalized spacial score (nSPS) is 11.4. The van der Waals surface area contributed by atoms with Gasteiger partial charge in [-0.1, -0.05) is 12.1 Å². The molecule has 9 heteroatoms. The smallest absolute Gasteiger partial charge is 0.379 e. The highest BCUT2D eigenvalue weighted by molar-refractivity contribution is 5.71. The summed E-state index contributed by atoms with van der Waals surface area (Å²) in [6, 6.07) is 6.70. The molecule has 0 spiro atoms. The molecule has 0 fully saturated rings. The summed E-state index contributed by atoms with van der Waals surface area (Å²) in [7, 11) is 0. The highest BCUT2D eigenvalue weighted by atomic mass is 19.4. The van der Waals surface area contributed by atoms with Crippen LogP contribution in [0.3, 0.4) is 0 Å². The number of rotatable bonds is 4. The molecule has 2 heterocycles. The van der Waals surface area contributed by atoms with Gasteiger partial charge in [0.25, 0.3) is 0 Å². The van der Waals surface area contributed by atoms with Crippen LogP contribution in [-0.4, -0.2) is 25.6 Å². The monoisotopic (exact) mass is 320 g/mol. The Hall–Kier alpha value is -2.97. The van der Waals surface area contributed by atoms with E-state index < -0.39 is 11.7 Å². The Balaban J connectivity index is 1.74. The summed E-state index contributed by atoms with van der Waals surface area (Å²) >= 11 is 0. The van der Waals surface area contributed by atoms with Crippen molar-refractivity contribution in [3.05, 3.63) is 53.9 Å². The Morgan fingerprint density at radius 1 is 1.09 bits per heavy atom. The van der Waals surface area contributed by atoms with Crippen LogP contribution < -0.4 is 5.32 Å². The third-order valence-electron chi connectivity index (χ3n) is 3.17. The summed E-state index contributed by atoms with van der Waals surface area (Å²) in [4.78, 5) is 4.02. The van der Waals surface area contributed by atoms with Crippen LogP contribution >= 0.6 is 0 Å². The van der Waals surface area contributed by atoms with E-state index in [-0.39, 0.29) is 0 Å². The van der Waals surface area contributed by atoms with Gasteiger partial charge in [0.15, 0.2) is 0 Å². The summed E-state index contributed by atoms with van der Waals surface area (Å²) in [6.07, 6.45) is -1.15. The zero-order chi connectivity index (χ0) is 16.3. The zero-order valence-electron chi connectivity index (χ0n) is 11.7. The standard InChI is InChI=1S/C14H11F3N6/c15-14(16,17)10-3-1-9(2-4-10)7-19-12-8-18-6-5-11(12)13-20-22-23-21-13/h1-6,8,19H,7H2,(H,20,21,22,23). The van der Waals surface area contributed by atoms with Crippen molar-refractivity contribution in [2.45, 2.75) is 12.7 Å². The van der Waals surface area contributed by atoms with E-state index in [4.69, 9.17) is 0 Å². The fraction of sp³-hybridized carbons (Fsp3) is 0.143. The van der Waals surface area contributed by atoms with Gasteiger partial charge in [0.2, 0.25) is 5.82 Å². The second kappa shape index (κ2) is 6.03. The number of anilines is 1. The number of H-pyrrole nitrogens is 1. The summed E-state index contributed by atoms with van der Waals surface area (Å²) in [5.41, 5.74) is 1.39. The van der Waals surface area contributed by atoms with Crippen LogP contribution in [0.15, 0.2) is 42.7 Å². The molecular weight excluding hydrogens is 309 g/mol. The number of alkyl halides is 3. The predicted molar refractivity (Wildman–Crippen MR) is 76.2 cm³/mol. The molecular formula is C14H11F3N6. The van der Waals surface area contributed by atoms with Gasteiger partial charge in [-0.3, -0.25) is 4.98 Å². The van der Waals surface area contributed by atoms with Crippen LogP contribution in [0.2, 0.25) is 0 Å². The Morgan fingerprint density at radius 3 is 2.52 bits per heavy atom. The van der Waals surface area contributed by atoms with Gasteiger partial charge in [0, 0.05) is 18.3 Å². The van der Waals surface area contributed by atoms with Gasteiger partial charge >= 0.3 is 6.18 Å². The maximum absolute atomic E-state index is 12.5. The first-order valence-corrected chi connectivity index (χ1v) is 6.62. The zero-order valence-corrected chi connectivity index (χ0v) is 11.7. The largest absolute Gasteiger partial charge is 0.416 e. The maximum atomic E-state index is 12.5. The first-order valence-electron chi connectivity index (χ1n) is 6.62. The minimum Gasteiger partial charge on any atom is -0.379 e. The quantitative estimate of drug-likeness (QED) is 0.773. The average molecular weight is 320 g/mol. The van der Waals surface area contributed by atoms with E-state index in [0.29, 0.717) is 29.2 Å². The van der Waals surface area contributed by atoms with Crippen LogP contribution in [0.1, 0.15) is 11.1 Å². The van der Waals surface area contributed by atoms with Gasteiger partial charge in [-0.05, 0) is 29.0 Å². The fourth-order valence-corrected chi connectivity index (χ4v) is 2.02. The number of aromatic nitrogens is 5. The van der Waals surface area contributed by atoms with Crippen LogP contribution in [0.4, 0.5) is 18.9 Å². The molecule has 0 aliphatic rings. The SMILES string of the molecule is FC(F)(F)c1ccc(CNc2cnccc2-c2nn[nH]n2)cc1. The highest BCUT2D eigenvalue weighted by Gasteiger charge is 2.29. The molecule has 0 saturated heterocycles. The third kappa shape index (κ3) is 3.44. The summed E-state index contributed by atoms with van der Waals surface area (Å²) in [6.45, 7) is 0.342. The molecule has 2 aromatic heterocycles. The molecule has 0 aliphatic heterocycles. The Kier molecular flexibility index (Phi) is 3.92. The molecule has 2 N–H and O–H groups in total. The lowest BCUT2D eigenvalue weighted by molar-refractivity contribution is -0.137. The molecule has 0 aliphatic carbocycles. The van der Waals surface area contributed by atoms with Crippen molar-refractivity contribution in [1.82, 2.24) is 25.6 Å². The van der Waals surface area contributed by atoms with Crippen LogP contribution in [0.5, 0.6) is 0 Å². The molecule has 6 nitrogen and oxygen atoms in total. The molecule has 0 radical (unpaired) electrons. The minimum atomic E-state index is -4.33. The molecule has 3 aromatic rings. The van der Waals surface area contributed by atoms with Gasteiger partial charge in [-0.15, -0.1) is 10.2 Å². The van der Waals surface area contributed by atoms with Gasteiger partial charge in [-0.25, -0.2) is 0 Å². The van der Waals surface area contributed by atoms with Crippen molar-refractivity contribution in [2.75, 3.05) is 5.32 Å². The number of tetrazole rings is 1. The van der Waals surface area contributed by atoms with Crippen LogP contribution in [0.25, 0.3) is 11.4 Å². The highest BCUT2D eigenvalue weighted by Crippen LogP contribution is 2.29. The van der Waals surface area contributed by atoms with E-state index in [0.717, 1.165) is 12.1 Å². The van der Waals surface area contributed by atoms with E-state index in [1.807, 2.05) is 0 Å². The summed E-state index contributed by atoms with van der Waals surface area (Å²) < 4.78 is 37.6. The van der Waals surface area contributed by atoms with E-state index in [1.54, 1.807) is 18.5 Å². The second-order valence-electron chi connectivity index (χ2n) is 4.70. The van der Waals surface area contributed by atoms with Crippen LogP contribution in [-0.2, 0) is 12.7 Å². The first-order chi connectivity index (χ1) is 11.0. The summed E-state index contributed by atoms with van der Waals surface area (Å²) in [5.74, 6) is 0.405. The van der Waals surface area contributed by atoms with E-state index in [2.05, 4.69) is 30.9 Å². The fourth-order valence-electron chi connectivity index (χ4n) is 2.02. The number of aromatic amines is 1. The number of hydrogen-bond donors (Lipinski definition) is 2. The predicted octanol–water partition coefficient (Wildman–Crippen LogP) is 2.89. The van der Waals surface area contributed by atoms with Crippen molar-refractivity contribution in [3.63, 3.8) is 0 Å². The number of halogens is 3. The lowest BCUT2D eigenvalue weighted by Crippen LogP contribution is -2.06. The van der Waals surface area contributed by atoms with E-state index >= 15 is 0 Å². The molecule has 0 unspecified atom stereocenters. The summed E-state index contributed by atoms with van der Waals surface area (Å²) in [5, 5.41) is 16.8. The molecule has 118 valence electrons. The van der Waals surface area contributed by atoms with Crippen molar-refractivity contribution >= 4 is 5.69 Å². The Bertz CT molecular complexity index is 768. The number of benzene rings is 1. The lowest BCUT2D eigenvalue weighted by atomic mass is 10.1.